The summed E-state index contributed by atoms with van der Waals surface area (Å²) in [5.41, 5.74) is 0. The number of hydrogen-bond donors (Lipinski definition) is 1. The Balaban J connectivity index is 2.03. The number of hydrogen-bond acceptors (Lipinski definition) is 1. The van der Waals surface area contributed by atoms with Gasteiger partial charge < -0.3 is 5.11 Å². The summed E-state index contributed by atoms with van der Waals surface area (Å²) in [6.45, 7) is 10.1. The fourth-order valence-electron chi connectivity index (χ4n) is 9.51. The van der Waals surface area contributed by atoms with E-state index in [2.05, 4.69) is 27.7 Å². The number of aliphatic hydroxyl groups is 1. The molecule has 0 spiro atoms. The Kier molecular flexibility index (Phi) is 22.0. The van der Waals surface area contributed by atoms with Crippen molar-refractivity contribution in [2.75, 3.05) is 6.61 Å². The molecule has 2 aliphatic rings. The first-order chi connectivity index (χ1) is 20.2. The summed E-state index contributed by atoms with van der Waals surface area (Å²) in [4.78, 5) is 0. The van der Waals surface area contributed by atoms with Crippen LogP contribution in [0, 0.1) is 41.4 Å². The van der Waals surface area contributed by atoms with E-state index in [-0.39, 0.29) is 0 Å². The summed E-state index contributed by atoms with van der Waals surface area (Å²) >= 11 is 0. The molecule has 0 bridgehead atoms. The maximum atomic E-state index is 9.11. The van der Waals surface area contributed by atoms with Crippen LogP contribution in [-0.2, 0) is 0 Å². The van der Waals surface area contributed by atoms with Crippen molar-refractivity contribution in [2.45, 2.75) is 207 Å². The summed E-state index contributed by atoms with van der Waals surface area (Å²) in [5.74, 6) is 7.12. The van der Waals surface area contributed by atoms with Crippen molar-refractivity contribution in [1.82, 2.24) is 0 Å². The maximum absolute atomic E-state index is 9.11. The molecule has 7 atom stereocenters. The Morgan fingerprint density at radius 2 is 0.854 bits per heavy atom. The van der Waals surface area contributed by atoms with Crippen LogP contribution in [0.1, 0.15) is 207 Å². The number of rotatable bonds is 26. The third kappa shape index (κ3) is 15.0. The average Bonchev–Trinajstić information content (AvgIpc) is 2.97. The van der Waals surface area contributed by atoms with Crippen LogP contribution in [0.25, 0.3) is 0 Å². The summed E-state index contributed by atoms with van der Waals surface area (Å²) in [6, 6.07) is 0. The van der Waals surface area contributed by atoms with Gasteiger partial charge in [0.1, 0.15) is 0 Å². The molecule has 1 heteroatoms. The van der Waals surface area contributed by atoms with Gasteiger partial charge in [-0.25, -0.2) is 0 Å². The van der Waals surface area contributed by atoms with Gasteiger partial charge >= 0.3 is 0 Å². The molecule has 0 saturated heterocycles. The molecule has 0 aromatic heterocycles. The minimum atomic E-state index is 0.377. The molecule has 0 heterocycles. The van der Waals surface area contributed by atoms with Gasteiger partial charge in [-0.05, 0) is 80.0 Å². The van der Waals surface area contributed by atoms with Crippen LogP contribution in [0.2, 0.25) is 0 Å². The molecule has 2 rings (SSSR count). The zero-order valence-electron chi connectivity index (χ0n) is 29.0. The Morgan fingerprint density at radius 3 is 1.39 bits per heavy atom. The zero-order valence-corrected chi connectivity index (χ0v) is 29.0. The standard InChI is InChI=1S/C40H78O/c1-5-8-11-14-15-19-24-29-39-38(28-23-18-16-17-20-25-30-41)34(4)31-37-32-35(26-21-12-9-6-2)36(33-40(37)39)27-22-13-10-7-3/h34-41H,5-33H2,1-4H3. The zero-order chi connectivity index (χ0) is 29.5. The lowest BCUT2D eigenvalue weighted by atomic mass is 9.52. The summed E-state index contributed by atoms with van der Waals surface area (Å²) in [7, 11) is 0. The minimum Gasteiger partial charge on any atom is -0.396 e. The van der Waals surface area contributed by atoms with Crippen LogP contribution in [0.15, 0.2) is 0 Å². The lowest BCUT2D eigenvalue weighted by Crippen LogP contribution is -2.45. The molecule has 1 nitrogen and oxygen atoms in total. The highest BCUT2D eigenvalue weighted by Crippen LogP contribution is 2.55. The van der Waals surface area contributed by atoms with E-state index in [9.17, 15) is 0 Å². The van der Waals surface area contributed by atoms with E-state index in [1.165, 1.54) is 141 Å². The van der Waals surface area contributed by atoms with Crippen molar-refractivity contribution in [1.29, 1.82) is 0 Å². The first-order valence-electron chi connectivity index (χ1n) is 19.8. The third-order valence-electron chi connectivity index (χ3n) is 11.9. The summed E-state index contributed by atoms with van der Waals surface area (Å²) in [5, 5.41) is 9.11. The molecule has 244 valence electrons. The van der Waals surface area contributed by atoms with Gasteiger partial charge in [-0.1, -0.05) is 169 Å². The molecule has 0 aliphatic heterocycles. The molecular weight excluding hydrogens is 496 g/mol. The molecule has 0 aromatic rings. The van der Waals surface area contributed by atoms with E-state index in [0.29, 0.717) is 6.61 Å². The molecule has 0 amide bonds. The maximum Gasteiger partial charge on any atom is 0.0431 e. The lowest BCUT2D eigenvalue weighted by Gasteiger charge is -2.53. The lowest BCUT2D eigenvalue weighted by molar-refractivity contribution is -0.0344. The van der Waals surface area contributed by atoms with Gasteiger partial charge in [0, 0.05) is 6.61 Å². The predicted molar refractivity (Wildman–Crippen MR) is 183 cm³/mol. The molecule has 2 fully saturated rings. The number of fused-ring (bicyclic) bond motifs is 1. The van der Waals surface area contributed by atoms with E-state index in [0.717, 1.165) is 47.8 Å². The van der Waals surface area contributed by atoms with Crippen molar-refractivity contribution in [2.24, 2.45) is 41.4 Å². The molecule has 1 N–H and O–H groups in total. The number of aliphatic hydroxyl groups excluding tert-OH is 1. The Morgan fingerprint density at radius 1 is 0.439 bits per heavy atom. The largest absolute Gasteiger partial charge is 0.396 e. The SMILES string of the molecule is CCCCCCCCCC1C(CCCCCCCCO)C(C)CC2CC(CCCCCC)C(CCCCCC)CC21. The van der Waals surface area contributed by atoms with Gasteiger partial charge in [0.25, 0.3) is 0 Å². The van der Waals surface area contributed by atoms with Gasteiger partial charge in [-0.15, -0.1) is 0 Å². The van der Waals surface area contributed by atoms with Crippen LogP contribution in [0.4, 0.5) is 0 Å². The summed E-state index contributed by atoms with van der Waals surface area (Å²) < 4.78 is 0. The van der Waals surface area contributed by atoms with Crippen molar-refractivity contribution in [3.63, 3.8) is 0 Å². The van der Waals surface area contributed by atoms with Crippen molar-refractivity contribution in [3.8, 4) is 0 Å². The first kappa shape index (κ1) is 37.1. The summed E-state index contributed by atoms with van der Waals surface area (Å²) in [6.07, 6.45) is 40.5. The van der Waals surface area contributed by atoms with E-state index in [1.54, 1.807) is 32.1 Å². The van der Waals surface area contributed by atoms with Crippen LogP contribution < -0.4 is 0 Å². The molecule has 2 saturated carbocycles. The van der Waals surface area contributed by atoms with E-state index < -0.39 is 0 Å². The molecule has 0 aromatic carbocycles. The third-order valence-corrected chi connectivity index (χ3v) is 11.9. The highest BCUT2D eigenvalue weighted by atomic mass is 16.2. The van der Waals surface area contributed by atoms with E-state index in [4.69, 9.17) is 5.11 Å². The first-order valence-corrected chi connectivity index (χ1v) is 19.8. The number of unbranched alkanes of at least 4 members (excludes halogenated alkanes) is 17. The Labute approximate surface area is 260 Å². The molecular formula is C40H78O. The second-order valence-electron chi connectivity index (χ2n) is 15.2. The highest BCUT2D eigenvalue weighted by Gasteiger charge is 2.46. The smallest absolute Gasteiger partial charge is 0.0431 e. The predicted octanol–water partition coefficient (Wildman–Crippen LogP) is 13.3. The van der Waals surface area contributed by atoms with Gasteiger partial charge in [0.15, 0.2) is 0 Å². The minimum absolute atomic E-state index is 0.377. The van der Waals surface area contributed by atoms with E-state index >= 15 is 0 Å². The second-order valence-corrected chi connectivity index (χ2v) is 15.2. The van der Waals surface area contributed by atoms with Gasteiger partial charge in [-0.3, -0.25) is 0 Å². The quantitative estimate of drug-likeness (QED) is 0.102. The van der Waals surface area contributed by atoms with Crippen LogP contribution in [-0.4, -0.2) is 11.7 Å². The molecule has 7 unspecified atom stereocenters. The second kappa shape index (κ2) is 24.3. The van der Waals surface area contributed by atoms with Gasteiger partial charge in [-0.2, -0.15) is 0 Å². The van der Waals surface area contributed by atoms with E-state index in [1.807, 2.05) is 0 Å². The molecule has 2 aliphatic carbocycles. The molecule has 0 radical (unpaired) electrons. The van der Waals surface area contributed by atoms with Crippen LogP contribution >= 0.6 is 0 Å². The molecule has 41 heavy (non-hydrogen) atoms. The fourth-order valence-corrected chi connectivity index (χ4v) is 9.51. The topological polar surface area (TPSA) is 20.2 Å². The Hall–Kier alpha value is -0.0400. The van der Waals surface area contributed by atoms with Crippen LogP contribution in [0.3, 0.4) is 0 Å². The Bertz CT molecular complexity index is 571. The van der Waals surface area contributed by atoms with Crippen LogP contribution in [0.5, 0.6) is 0 Å². The van der Waals surface area contributed by atoms with Gasteiger partial charge in [0.05, 0.1) is 0 Å². The van der Waals surface area contributed by atoms with Gasteiger partial charge in [0.2, 0.25) is 0 Å². The van der Waals surface area contributed by atoms with Crippen molar-refractivity contribution in [3.05, 3.63) is 0 Å². The highest BCUT2D eigenvalue weighted by molar-refractivity contribution is 4.96. The van der Waals surface area contributed by atoms with Crippen molar-refractivity contribution < 1.29 is 5.11 Å². The average molecular weight is 575 g/mol. The normalized spacial score (nSPS) is 28.2. The fraction of sp³-hybridized carbons (Fsp3) is 1.00. The van der Waals surface area contributed by atoms with Crippen molar-refractivity contribution >= 4 is 0 Å². The monoisotopic (exact) mass is 575 g/mol.